The van der Waals surface area contributed by atoms with Gasteiger partial charge in [-0.15, -0.1) is 0 Å². The Morgan fingerprint density at radius 3 is 2.29 bits per heavy atom. The van der Waals surface area contributed by atoms with E-state index in [1.165, 1.54) is 12.1 Å². The Morgan fingerprint density at radius 2 is 1.65 bits per heavy atom. The van der Waals surface area contributed by atoms with Gasteiger partial charge >= 0.3 is 6.18 Å². The molecule has 2 aromatic carbocycles. The number of alkyl halides is 3. The van der Waals surface area contributed by atoms with E-state index >= 15 is 0 Å². The van der Waals surface area contributed by atoms with Crippen LogP contribution >= 0.6 is 0 Å². The molecule has 0 unspecified atom stereocenters. The predicted octanol–water partition coefficient (Wildman–Crippen LogP) is 4.08. The van der Waals surface area contributed by atoms with E-state index in [0.717, 1.165) is 43.6 Å². The largest absolute Gasteiger partial charge is 0.497 e. The summed E-state index contributed by atoms with van der Waals surface area (Å²) in [6, 6.07) is 13.0. The molecular weight excluding hydrogens is 409 g/mol. The van der Waals surface area contributed by atoms with Crippen LogP contribution in [0.25, 0.3) is 11.4 Å². The first-order valence-electron chi connectivity index (χ1n) is 9.98. The molecule has 0 bridgehead atoms. The topological polar surface area (TPSA) is 54.6 Å². The van der Waals surface area contributed by atoms with Gasteiger partial charge in [0.1, 0.15) is 5.75 Å². The number of hydrogen-bond acceptors (Lipinski definition) is 6. The fourth-order valence-corrected chi connectivity index (χ4v) is 3.58. The van der Waals surface area contributed by atoms with Crippen LogP contribution in [0.4, 0.5) is 13.2 Å². The van der Waals surface area contributed by atoms with E-state index in [0.29, 0.717) is 30.4 Å². The summed E-state index contributed by atoms with van der Waals surface area (Å²) in [7, 11) is 1.61. The lowest BCUT2D eigenvalue weighted by Crippen LogP contribution is -2.45. The molecule has 9 heteroatoms. The van der Waals surface area contributed by atoms with Crippen LogP contribution in [0.2, 0.25) is 0 Å². The first-order chi connectivity index (χ1) is 14.9. The number of aromatic nitrogens is 2. The van der Waals surface area contributed by atoms with Crippen LogP contribution in [-0.4, -0.2) is 53.2 Å². The summed E-state index contributed by atoms with van der Waals surface area (Å²) in [6.45, 7) is 4.12. The molecule has 1 saturated heterocycles. The minimum Gasteiger partial charge on any atom is -0.497 e. The average Bonchev–Trinajstić information content (AvgIpc) is 3.23. The Hall–Kier alpha value is -2.91. The highest BCUT2D eigenvalue weighted by Gasteiger charge is 2.30. The minimum atomic E-state index is -4.32. The van der Waals surface area contributed by atoms with E-state index in [1.807, 2.05) is 24.3 Å². The quantitative estimate of drug-likeness (QED) is 0.585. The lowest BCUT2D eigenvalue weighted by Gasteiger charge is -2.34. The molecule has 0 saturated carbocycles. The summed E-state index contributed by atoms with van der Waals surface area (Å²) in [6.07, 6.45) is -4.32. The van der Waals surface area contributed by atoms with E-state index < -0.39 is 11.7 Å². The Morgan fingerprint density at radius 1 is 0.968 bits per heavy atom. The van der Waals surface area contributed by atoms with Crippen molar-refractivity contribution in [3.8, 4) is 17.1 Å². The number of hydrogen-bond donors (Lipinski definition) is 0. The zero-order chi connectivity index (χ0) is 21.8. The van der Waals surface area contributed by atoms with Crippen molar-refractivity contribution in [3.63, 3.8) is 0 Å². The molecule has 0 radical (unpaired) electrons. The van der Waals surface area contributed by atoms with Crippen LogP contribution in [-0.2, 0) is 19.3 Å². The SMILES string of the molecule is COc1ccc(-c2noc(CN3CCN(Cc4cccc(C(F)(F)F)c4)CC3)n2)cc1. The first kappa shape index (κ1) is 21.3. The van der Waals surface area contributed by atoms with Crippen LogP contribution in [0.1, 0.15) is 17.0 Å². The summed E-state index contributed by atoms with van der Waals surface area (Å²) < 4.78 is 49.3. The normalized spacial score (nSPS) is 15.9. The smallest absolute Gasteiger partial charge is 0.416 e. The van der Waals surface area contributed by atoms with Crippen molar-refractivity contribution in [2.75, 3.05) is 33.3 Å². The van der Waals surface area contributed by atoms with Crippen LogP contribution in [0.15, 0.2) is 53.1 Å². The number of halogens is 3. The first-order valence-corrected chi connectivity index (χ1v) is 9.98. The highest BCUT2D eigenvalue weighted by molar-refractivity contribution is 5.55. The van der Waals surface area contributed by atoms with E-state index in [4.69, 9.17) is 9.26 Å². The molecule has 31 heavy (non-hydrogen) atoms. The highest BCUT2D eigenvalue weighted by atomic mass is 19.4. The maximum Gasteiger partial charge on any atom is 0.416 e. The molecule has 164 valence electrons. The molecule has 3 aromatic rings. The number of methoxy groups -OCH3 is 1. The lowest BCUT2D eigenvalue weighted by atomic mass is 10.1. The number of nitrogens with zero attached hydrogens (tertiary/aromatic N) is 4. The summed E-state index contributed by atoms with van der Waals surface area (Å²) in [5, 5.41) is 4.05. The molecule has 0 aliphatic carbocycles. The molecule has 0 amide bonds. The molecule has 0 atom stereocenters. The lowest BCUT2D eigenvalue weighted by molar-refractivity contribution is -0.137. The molecule has 1 fully saturated rings. The van der Waals surface area contributed by atoms with Crippen molar-refractivity contribution in [2.24, 2.45) is 0 Å². The molecule has 1 aliphatic heterocycles. The maximum atomic E-state index is 12.9. The van der Waals surface area contributed by atoms with Crippen LogP contribution in [0.5, 0.6) is 5.75 Å². The monoisotopic (exact) mass is 432 g/mol. The predicted molar refractivity (Wildman–Crippen MR) is 108 cm³/mol. The summed E-state index contributed by atoms with van der Waals surface area (Å²) >= 11 is 0. The molecular formula is C22H23F3N4O2. The van der Waals surface area contributed by atoms with Crippen molar-refractivity contribution in [3.05, 3.63) is 65.5 Å². The molecule has 6 nitrogen and oxygen atoms in total. The molecule has 4 rings (SSSR count). The van der Waals surface area contributed by atoms with E-state index in [-0.39, 0.29) is 0 Å². The fraction of sp³-hybridized carbons (Fsp3) is 0.364. The van der Waals surface area contributed by atoms with Gasteiger partial charge in [-0.25, -0.2) is 0 Å². The van der Waals surface area contributed by atoms with Gasteiger partial charge < -0.3 is 9.26 Å². The second-order valence-electron chi connectivity index (χ2n) is 7.49. The third-order valence-electron chi connectivity index (χ3n) is 5.30. The van der Waals surface area contributed by atoms with E-state index in [9.17, 15) is 13.2 Å². The van der Waals surface area contributed by atoms with Crippen molar-refractivity contribution in [1.29, 1.82) is 0 Å². The van der Waals surface area contributed by atoms with Gasteiger partial charge in [-0.05, 0) is 35.9 Å². The zero-order valence-corrected chi connectivity index (χ0v) is 17.1. The van der Waals surface area contributed by atoms with Gasteiger partial charge in [0, 0.05) is 38.3 Å². The van der Waals surface area contributed by atoms with Gasteiger partial charge in [0.05, 0.1) is 19.2 Å². The molecule has 0 N–H and O–H groups in total. The van der Waals surface area contributed by atoms with Gasteiger partial charge in [-0.2, -0.15) is 18.2 Å². The molecule has 1 aliphatic rings. The van der Waals surface area contributed by atoms with Crippen LogP contribution in [0.3, 0.4) is 0 Å². The summed E-state index contributed by atoms with van der Waals surface area (Å²) in [5.41, 5.74) is 0.915. The van der Waals surface area contributed by atoms with Crippen molar-refractivity contribution >= 4 is 0 Å². The maximum absolute atomic E-state index is 12.9. The third kappa shape index (κ3) is 5.42. The standard InChI is InChI=1S/C22H23F3N4O2/c1-30-19-7-5-17(6-8-19)21-26-20(31-27-21)15-29-11-9-28(10-12-29)14-16-3-2-4-18(13-16)22(23,24)25/h2-8,13H,9-12,14-15H2,1H3. The van der Waals surface area contributed by atoms with E-state index in [1.54, 1.807) is 13.2 Å². The Balaban J connectivity index is 1.29. The fourth-order valence-electron chi connectivity index (χ4n) is 3.58. The Bertz CT molecular complexity index is 996. The summed E-state index contributed by atoms with van der Waals surface area (Å²) in [5.74, 6) is 1.83. The van der Waals surface area contributed by atoms with Gasteiger partial charge in [0.15, 0.2) is 0 Å². The Labute approximate surface area is 178 Å². The van der Waals surface area contributed by atoms with Crippen molar-refractivity contribution in [2.45, 2.75) is 19.3 Å². The van der Waals surface area contributed by atoms with Crippen LogP contribution < -0.4 is 4.74 Å². The number of ether oxygens (including phenoxy) is 1. The number of benzene rings is 2. The van der Waals surface area contributed by atoms with Gasteiger partial charge in [0.2, 0.25) is 11.7 Å². The molecule has 0 spiro atoms. The number of piperazine rings is 1. The second-order valence-corrected chi connectivity index (χ2v) is 7.49. The van der Waals surface area contributed by atoms with Gasteiger partial charge in [-0.1, -0.05) is 23.4 Å². The summed E-state index contributed by atoms with van der Waals surface area (Å²) in [4.78, 5) is 8.83. The van der Waals surface area contributed by atoms with Gasteiger partial charge in [-0.3, -0.25) is 9.80 Å². The highest BCUT2D eigenvalue weighted by Crippen LogP contribution is 2.30. The molecule has 1 aromatic heterocycles. The minimum absolute atomic E-state index is 0.500. The Kier molecular flexibility index (Phi) is 6.24. The molecule has 2 heterocycles. The third-order valence-corrected chi connectivity index (χ3v) is 5.30. The van der Waals surface area contributed by atoms with Gasteiger partial charge in [0.25, 0.3) is 0 Å². The van der Waals surface area contributed by atoms with Crippen LogP contribution in [0, 0.1) is 0 Å². The number of rotatable bonds is 6. The van der Waals surface area contributed by atoms with Crippen molar-refractivity contribution < 1.29 is 22.4 Å². The zero-order valence-electron chi connectivity index (χ0n) is 17.1. The van der Waals surface area contributed by atoms with Crippen molar-refractivity contribution in [1.82, 2.24) is 19.9 Å². The van der Waals surface area contributed by atoms with E-state index in [2.05, 4.69) is 19.9 Å². The second kappa shape index (κ2) is 9.07. The average molecular weight is 432 g/mol.